The van der Waals surface area contributed by atoms with Crippen LogP contribution < -0.4 is 0 Å². The monoisotopic (exact) mass is 460 g/mol. The van der Waals surface area contributed by atoms with Crippen LogP contribution in [0.4, 0.5) is 0 Å². The Hall–Kier alpha value is -1.04. The molecule has 0 aromatic carbocycles. The highest BCUT2D eigenvalue weighted by Gasteiger charge is 2.62. The van der Waals surface area contributed by atoms with Crippen LogP contribution in [0.1, 0.15) is 19.3 Å². The van der Waals surface area contributed by atoms with Gasteiger partial charge in [-0.05, 0) is 30.8 Å². The summed E-state index contributed by atoms with van der Waals surface area (Å²) in [6.45, 7) is 7.76. The summed E-state index contributed by atoms with van der Waals surface area (Å²) in [5.41, 5.74) is -0.238. The standard InChI is InChI=1S/C21H29ClO9/c1-8-3-4-11-18(31-20(27)21(11,28)7-22)14-9(2)12(5-10(8)14)29-19-17(26)16(25)15(24)13(6-23)30-19/h10-19,23-26,28H,1-7H2/t10-,11+,12-,13+,14-,15+,16+,17-,18-,19+,21-/m0/s1. The van der Waals surface area contributed by atoms with Gasteiger partial charge in [-0.15, -0.1) is 11.6 Å². The average molecular weight is 461 g/mol. The molecule has 11 atom stereocenters. The van der Waals surface area contributed by atoms with Gasteiger partial charge in [0, 0.05) is 11.8 Å². The van der Waals surface area contributed by atoms with Gasteiger partial charge in [0.05, 0.1) is 18.6 Å². The van der Waals surface area contributed by atoms with E-state index >= 15 is 0 Å². The van der Waals surface area contributed by atoms with Crippen LogP contribution in [0.5, 0.6) is 0 Å². The topological polar surface area (TPSA) is 146 Å². The third kappa shape index (κ3) is 3.55. The molecule has 2 aliphatic heterocycles. The van der Waals surface area contributed by atoms with Crippen molar-refractivity contribution in [1.29, 1.82) is 0 Å². The number of carbonyl (C=O) groups excluding carboxylic acids is 1. The maximum Gasteiger partial charge on any atom is 0.340 e. The van der Waals surface area contributed by atoms with Crippen LogP contribution in [-0.2, 0) is 19.0 Å². The van der Waals surface area contributed by atoms with E-state index in [4.69, 9.17) is 25.8 Å². The number of alkyl halides is 1. The molecule has 10 heteroatoms. The van der Waals surface area contributed by atoms with E-state index in [1.165, 1.54) is 0 Å². The maximum absolute atomic E-state index is 12.4. The first-order valence-corrected chi connectivity index (χ1v) is 11.0. The second-order valence-electron chi connectivity index (χ2n) is 9.00. The molecule has 174 valence electrons. The van der Waals surface area contributed by atoms with Gasteiger partial charge in [-0.1, -0.05) is 18.7 Å². The number of allylic oxidation sites excluding steroid dienone is 1. The third-order valence-electron chi connectivity index (χ3n) is 7.36. The van der Waals surface area contributed by atoms with Crippen LogP contribution in [0.25, 0.3) is 0 Å². The highest BCUT2D eigenvalue weighted by molar-refractivity contribution is 6.20. The van der Waals surface area contributed by atoms with Crippen LogP contribution >= 0.6 is 11.6 Å². The number of ether oxygens (including phenoxy) is 3. The first-order chi connectivity index (χ1) is 14.6. The van der Waals surface area contributed by atoms with Gasteiger partial charge in [-0.3, -0.25) is 0 Å². The van der Waals surface area contributed by atoms with E-state index in [9.17, 15) is 30.3 Å². The highest BCUT2D eigenvalue weighted by Crippen LogP contribution is 2.54. The zero-order valence-corrected chi connectivity index (χ0v) is 17.7. The Bertz CT molecular complexity index is 757. The van der Waals surface area contributed by atoms with E-state index < -0.39 is 67.0 Å². The Morgan fingerprint density at radius 2 is 1.90 bits per heavy atom. The molecule has 4 fully saturated rings. The average Bonchev–Trinajstić information content (AvgIpc) is 3.15. The van der Waals surface area contributed by atoms with Crippen LogP contribution in [0.3, 0.4) is 0 Å². The zero-order chi connectivity index (χ0) is 22.7. The molecule has 0 radical (unpaired) electrons. The number of hydrogen-bond donors (Lipinski definition) is 5. The van der Waals surface area contributed by atoms with E-state index in [0.29, 0.717) is 24.8 Å². The Morgan fingerprint density at radius 1 is 1.19 bits per heavy atom. The van der Waals surface area contributed by atoms with Crippen molar-refractivity contribution in [2.24, 2.45) is 17.8 Å². The van der Waals surface area contributed by atoms with E-state index in [1.807, 2.05) is 0 Å². The smallest absolute Gasteiger partial charge is 0.340 e. The van der Waals surface area contributed by atoms with E-state index in [1.54, 1.807) is 0 Å². The van der Waals surface area contributed by atoms with Gasteiger partial charge in [0.1, 0.15) is 30.5 Å². The van der Waals surface area contributed by atoms with Gasteiger partial charge < -0.3 is 39.7 Å². The van der Waals surface area contributed by atoms with Crippen LogP contribution in [0, 0.1) is 17.8 Å². The molecule has 0 aromatic rings. The van der Waals surface area contributed by atoms with E-state index in [2.05, 4.69) is 13.2 Å². The summed E-state index contributed by atoms with van der Waals surface area (Å²) < 4.78 is 17.0. The molecule has 2 saturated heterocycles. The normalized spacial score (nSPS) is 50.1. The minimum Gasteiger partial charge on any atom is -0.459 e. The predicted molar refractivity (Wildman–Crippen MR) is 107 cm³/mol. The van der Waals surface area contributed by atoms with Crippen LogP contribution in [-0.4, -0.2) is 92.5 Å². The minimum atomic E-state index is -1.77. The lowest BCUT2D eigenvalue weighted by Gasteiger charge is -2.40. The summed E-state index contributed by atoms with van der Waals surface area (Å²) in [5, 5.41) is 50.5. The summed E-state index contributed by atoms with van der Waals surface area (Å²) in [6, 6.07) is 0. The van der Waals surface area contributed by atoms with Gasteiger partial charge in [0.15, 0.2) is 11.9 Å². The minimum absolute atomic E-state index is 0.122. The van der Waals surface area contributed by atoms with Crippen LogP contribution in [0.15, 0.2) is 24.3 Å². The Balaban J connectivity index is 1.56. The Kier molecular flexibility index (Phi) is 6.26. The fourth-order valence-corrected chi connectivity index (χ4v) is 5.79. The molecule has 0 amide bonds. The molecule has 0 aromatic heterocycles. The first kappa shape index (κ1) is 23.1. The largest absolute Gasteiger partial charge is 0.459 e. The van der Waals surface area contributed by atoms with Gasteiger partial charge in [-0.25, -0.2) is 4.79 Å². The predicted octanol–water partition coefficient (Wildman–Crippen LogP) is -0.775. The van der Waals surface area contributed by atoms with Gasteiger partial charge >= 0.3 is 5.97 Å². The van der Waals surface area contributed by atoms with Crippen molar-refractivity contribution in [2.45, 2.75) is 67.8 Å². The van der Waals surface area contributed by atoms with E-state index in [-0.39, 0.29) is 17.7 Å². The number of hydrogen-bond acceptors (Lipinski definition) is 9. The molecule has 0 unspecified atom stereocenters. The maximum atomic E-state index is 12.4. The Labute approximate surface area is 184 Å². The van der Waals surface area contributed by atoms with Gasteiger partial charge in [0.2, 0.25) is 0 Å². The number of carbonyl (C=O) groups is 1. The Morgan fingerprint density at radius 3 is 2.55 bits per heavy atom. The molecular formula is C21H29ClO9. The number of aliphatic hydroxyl groups is 5. The molecule has 0 bridgehead atoms. The van der Waals surface area contributed by atoms with Crippen LogP contribution in [0.2, 0.25) is 0 Å². The molecule has 0 spiro atoms. The van der Waals surface area contributed by atoms with E-state index in [0.717, 1.165) is 5.57 Å². The molecule has 9 nitrogen and oxygen atoms in total. The van der Waals surface area contributed by atoms with Crippen molar-refractivity contribution >= 4 is 17.6 Å². The number of esters is 1. The lowest BCUT2D eigenvalue weighted by atomic mass is 9.78. The summed E-state index contributed by atoms with van der Waals surface area (Å²) in [5.74, 6) is -1.99. The second kappa shape index (κ2) is 8.39. The number of rotatable bonds is 4. The molecule has 31 heavy (non-hydrogen) atoms. The summed E-state index contributed by atoms with van der Waals surface area (Å²) >= 11 is 5.93. The second-order valence-corrected chi connectivity index (χ2v) is 9.26. The summed E-state index contributed by atoms with van der Waals surface area (Å²) in [6.07, 6.45) is -6.65. The van der Waals surface area contributed by atoms with Gasteiger partial charge in [0.25, 0.3) is 0 Å². The SMILES string of the molecule is C=C1[C@@H]2[C@H]3OC(=O)[C@](O)(CCl)[C@@H]3CCC(=C)[C@@H]2C[C@@H]1O[C@@H]1O[C@H](CO)[C@@H](O)[C@@H](O)[C@@H]1O. The van der Waals surface area contributed by atoms with Crippen molar-refractivity contribution in [1.82, 2.24) is 0 Å². The molecule has 2 heterocycles. The number of fused-ring (bicyclic) bond motifs is 3. The lowest BCUT2D eigenvalue weighted by molar-refractivity contribution is -0.308. The zero-order valence-electron chi connectivity index (χ0n) is 17.0. The fourth-order valence-electron chi connectivity index (χ4n) is 5.48. The number of aliphatic hydroxyl groups excluding tert-OH is 4. The molecule has 4 rings (SSSR count). The first-order valence-electron chi connectivity index (χ1n) is 10.5. The van der Waals surface area contributed by atoms with Gasteiger partial charge in [-0.2, -0.15) is 0 Å². The van der Waals surface area contributed by atoms with Crippen molar-refractivity contribution in [3.8, 4) is 0 Å². The molecule has 2 aliphatic carbocycles. The number of halogens is 1. The molecular weight excluding hydrogens is 432 g/mol. The summed E-state index contributed by atoms with van der Waals surface area (Å²) in [4.78, 5) is 12.4. The quantitative estimate of drug-likeness (QED) is 0.207. The fraction of sp³-hybridized carbons (Fsp3) is 0.762. The molecule has 4 aliphatic rings. The third-order valence-corrected chi connectivity index (χ3v) is 7.76. The van der Waals surface area contributed by atoms with Crippen molar-refractivity contribution < 1.29 is 44.5 Å². The molecule has 2 saturated carbocycles. The van der Waals surface area contributed by atoms with Crippen molar-refractivity contribution in [3.63, 3.8) is 0 Å². The highest BCUT2D eigenvalue weighted by atomic mass is 35.5. The lowest BCUT2D eigenvalue weighted by Crippen LogP contribution is -2.59. The summed E-state index contributed by atoms with van der Waals surface area (Å²) in [7, 11) is 0. The molecule has 5 N–H and O–H groups in total. The van der Waals surface area contributed by atoms with Crippen molar-refractivity contribution in [3.05, 3.63) is 24.3 Å². The van der Waals surface area contributed by atoms with Crippen molar-refractivity contribution in [2.75, 3.05) is 12.5 Å².